The van der Waals surface area contributed by atoms with Crippen molar-refractivity contribution in [2.45, 2.75) is 23.8 Å². The van der Waals surface area contributed by atoms with E-state index in [0.29, 0.717) is 5.69 Å². The van der Waals surface area contributed by atoms with Crippen LogP contribution in [0.5, 0.6) is 0 Å². The molecule has 0 saturated heterocycles. The molecule has 19 heavy (non-hydrogen) atoms. The highest BCUT2D eigenvalue weighted by molar-refractivity contribution is 7.90. The Kier molecular flexibility index (Phi) is 2.58. The van der Waals surface area contributed by atoms with Gasteiger partial charge in [0.15, 0.2) is 9.84 Å². The Bertz CT molecular complexity index is 652. The van der Waals surface area contributed by atoms with E-state index < -0.39 is 15.9 Å². The number of para-hydroxylation sites is 1. The Morgan fingerprint density at radius 1 is 1.37 bits per heavy atom. The molecule has 1 saturated carbocycles. The first kappa shape index (κ1) is 12.4. The first-order chi connectivity index (χ1) is 8.89. The van der Waals surface area contributed by atoms with E-state index >= 15 is 0 Å². The molecule has 0 aromatic heterocycles. The summed E-state index contributed by atoms with van der Waals surface area (Å²) >= 11 is 0. The standard InChI is InChI=1S/C12H15N3O3S/c1-19(17,18)9-4-2-3-8-10(9)14-12(16)11(15(8)13)7-5-6-7/h2-4,7,11H,5-6,13H2,1H3,(H,14,16). The molecule has 1 aromatic carbocycles. The quantitative estimate of drug-likeness (QED) is 0.770. The molecule has 1 fully saturated rings. The summed E-state index contributed by atoms with van der Waals surface area (Å²) in [5.74, 6) is 6.05. The third kappa shape index (κ3) is 1.98. The van der Waals surface area contributed by atoms with Gasteiger partial charge in [0, 0.05) is 6.26 Å². The van der Waals surface area contributed by atoms with Gasteiger partial charge in [-0.3, -0.25) is 9.80 Å². The van der Waals surface area contributed by atoms with Gasteiger partial charge in [-0.05, 0) is 30.9 Å². The zero-order chi connectivity index (χ0) is 13.8. The predicted molar refractivity (Wildman–Crippen MR) is 71.4 cm³/mol. The summed E-state index contributed by atoms with van der Waals surface area (Å²) < 4.78 is 23.5. The van der Waals surface area contributed by atoms with E-state index in [0.717, 1.165) is 19.1 Å². The molecule has 0 bridgehead atoms. The zero-order valence-corrected chi connectivity index (χ0v) is 11.3. The third-order valence-electron chi connectivity index (χ3n) is 3.57. The minimum absolute atomic E-state index is 0.100. The Morgan fingerprint density at radius 3 is 2.63 bits per heavy atom. The average Bonchev–Trinajstić information content (AvgIpc) is 3.11. The van der Waals surface area contributed by atoms with E-state index in [1.165, 1.54) is 11.1 Å². The largest absolute Gasteiger partial charge is 0.321 e. The van der Waals surface area contributed by atoms with Crippen LogP contribution in [0.25, 0.3) is 0 Å². The van der Waals surface area contributed by atoms with E-state index in [1.54, 1.807) is 12.1 Å². The molecule has 1 aliphatic heterocycles. The lowest BCUT2D eigenvalue weighted by molar-refractivity contribution is -0.118. The highest BCUT2D eigenvalue weighted by atomic mass is 32.2. The van der Waals surface area contributed by atoms with E-state index in [9.17, 15) is 13.2 Å². The number of carbonyl (C=O) groups excluding carboxylic acids is 1. The topological polar surface area (TPSA) is 92.5 Å². The lowest BCUT2D eigenvalue weighted by Gasteiger charge is -2.35. The Balaban J connectivity index is 2.13. The number of hydrazine groups is 1. The fraction of sp³-hybridized carbons (Fsp3) is 0.417. The van der Waals surface area contributed by atoms with Crippen molar-refractivity contribution in [3.63, 3.8) is 0 Å². The van der Waals surface area contributed by atoms with Gasteiger partial charge < -0.3 is 5.32 Å². The van der Waals surface area contributed by atoms with Gasteiger partial charge in [0.05, 0.1) is 16.3 Å². The van der Waals surface area contributed by atoms with Crippen LogP contribution in [0.1, 0.15) is 12.8 Å². The molecular weight excluding hydrogens is 266 g/mol. The molecule has 1 amide bonds. The number of hydrogen-bond acceptors (Lipinski definition) is 5. The van der Waals surface area contributed by atoms with E-state index in [2.05, 4.69) is 5.32 Å². The molecule has 3 N–H and O–H groups in total. The molecular formula is C12H15N3O3S. The SMILES string of the molecule is CS(=O)(=O)c1cccc2c1NC(=O)C(C1CC1)N2N. The molecule has 7 heteroatoms. The first-order valence-corrected chi connectivity index (χ1v) is 7.96. The summed E-state index contributed by atoms with van der Waals surface area (Å²) in [6.45, 7) is 0. The van der Waals surface area contributed by atoms with Gasteiger partial charge in [0.1, 0.15) is 6.04 Å². The molecule has 0 spiro atoms. The predicted octanol–water partition coefficient (Wildman–Crippen LogP) is 0.501. The monoisotopic (exact) mass is 281 g/mol. The normalized spacial score (nSPS) is 22.9. The molecule has 1 atom stereocenters. The number of nitrogens with two attached hydrogens (primary N) is 1. The highest BCUT2D eigenvalue weighted by Crippen LogP contribution is 2.42. The van der Waals surface area contributed by atoms with Crippen molar-refractivity contribution in [3.8, 4) is 0 Å². The molecule has 1 unspecified atom stereocenters. The summed E-state index contributed by atoms with van der Waals surface area (Å²) in [7, 11) is -3.41. The van der Waals surface area contributed by atoms with Crippen LogP contribution in [0.3, 0.4) is 0 Å². The maximum Gasteiger partial charge on any atom is 0.249 e. The summed E-state index contributed by atoms with van der Waals surface area (Å²) in [4.78, 5) is 12.2. The second-order valence-corrected chi connectivity index (χ2v) is 7.09. The summed E-state index contributed by atoms with van der Waals surface area (Å²) in [6, 6.07) is 4.43. The van der Waals surface area contributed by atoms with Gasteiger partial charge >= 0.3 is 0 Å². The lowest BCUT2D eigenvalue weighted by Crippen LogP contribution is -2.53. The van der Waals surface area contributed by atoms with Crippen molar-refractivity contribution in [2.24, 2.45) is 11.8 Å². The Labute approximate surface area is 111 Å². The van der Waals surface area contributed by atoms with Crippen LogP contribution < -0.4 is 16.2 Å². The lowest BCUT2D eigenvalue weighted by atomic mass is 10.1. The maximum atomic E-state index is 12.1. The number of anilines is 2. The summed E-state index contributed by atoms with van der Waals surface area (Å²) in [5, 5.41) is 4.10. The second kappa shape index (κ2) is 3.94. The number of nitrogens with one attached hydrogen (secondary N) is 1. The summed E-state index contributed by atoms with van der Waals surface area (Å²) in [6.07, 6.45) is 3.07. The average molecular weight is 281 g/mol. The molecule has 0 radical (unpaired) electrons. The first-order valence-electron chi connectivity index (χ1n) is 6.07. The Hall–Kier alpha value is -1.60. The maximum absolute atomic E-state index is 12.1. The van der Waals surface area contributed by atoms with Gasteiger partial charge in [-0.15, -0.1) is 0 Å². The van der Waals surface area contributed by atoms with Crippen LogP contribution >= 0.6 is 0 Å². The number of benzene rings is 1. The fourth-order valence-electron chi connectivity index (χ4n) is 2.50. The smallest absolute Gasteiger partial charge is 0.249 e. The zero-order valence-electron chi connectivity index (χ0n) is 10.5. The van der Waals surface area contributed by atoms with Gasteiger partial charge in [-0.25, -0.2) is 14.3 Å². The van der Waals surface area contributed by atoms with E-state index in [1.807, 2.05) is 0 Å². The number of sulfone groups is 1. The van der Waals surface area contributed by atoms with Crippen LogP contribution in [0.15, 0.2) is 23.1 Å². The molecule has 3 rings (SSSR count). The third-order valence-corrected chi connectivity index (χ3v) is 4.71. The van der Waals surface area contributed by atoms with Crippen molar-refractivity contribution in [1.29, 1.82) is 0 Å². The van der Waals surface area contributed by atoms with Crippen LogP contribution in [0, 0.1) is 5.92 Å². The van der Waals surface area contributed by atoms with Crippen molar-refractivity contribution < 1.29 is 13.2 Å². The number of nitrogens with zero attached hydrogens (tertiary/aromatic N) is 1. The van der Waals surface area contributed by atoms with Crippen molar-refractivity contribution in [2.75, 3.05) is 16.6 Å². The van der Waals surface area contributed by atoms with Gasteiger partial charge in [-0.2, -0.15) is 0 Å². The number of amides is 1. The van der Waals surface area contributed by atoms with Crippen LogP contribution in [-0.4, -0.2) is 26.6 Å². The molecule has 1 aromatic rings. The highest BCUT2D eigenvalue weighted by Gasteiger charge is 2.43. The van der Waals surface area contributed by atoms with E-state index in [4.69, 9.17) is 5.84 Å². The molecule has 1 heterocycles. The minimum Gasteiger partial charge on any atom is -0.321 e. The number of fused-ring (bicyclic) bond motifs is 1. The van der Waals surface area contributed by atoms with Gasteiger partial charge in [0.2, 0.25) is 5.91 Å². The van der Waals surface area contributed by atoms with E-state index in [-0.39, 0.29) is 22.4 Å². The number of hydrogen-bond donors (Lipinski definition) is 2. The van der Waals surface area contributed by atoms with Crippen molar-refractivity contribution in [3.05, 3.63) is 18.2 Å². The van der Waals surface area contributed by atoms with Crippen molar-refractivity contribution in [1.82, 2.24) is 0 Å². The Morgan fingerprint density at radius 2 is 2.05 bits per heavy atom. The summed E-state index contributed by atoms with van der Waals surface area (Å²) in [5.41, 5.74) is 0.842. The van der Waals surface area contributed by atoms with Crippen molar-refractivity contribution >= 4 is 27.1 Å². The molecule has 1 aliphatic carbocycles. The van der Waals surface area contributed by atoms with Gasteiger partial charge in [-0.1, -0.05) is 6.07 Å². The van der Waals surface area contributed by atoms with Crippen LogP contribution in [0.4, 0.5) is 11.4 Å². The number of carbonyl (C=O) groups is 1. The minimum atomic E-state index is -3.41. The molecule has 2 aliphatic rings. The van der Waals surface area contributed by atoms with Crippen LogP contribution in [0.2, 0.25) is 0 Å². The van der Waals surface area contributed by atoms with Crippen LogP contribution in [-0.2, 0) is 14.6 Å². The van der Waals surface area contributed by atoms with Gasteiger partial charge in [0.25, 0.3) is 0 Å². The molecule has 6 nitrogen and oxygen atoms in total. The number of rotatable bonds is 2. The fourth-order valence-corrected chi connectivity index (χ4v) is 3.35. The second-order valence-electron chi connectivity index (χ2n) is 5.10. The molecule has 102 valence electrons.